The van der Waals surface area contributed by atoms with E-state index in [4.69, 9.17) is 9.15 Å². The predicted molar refractivity (Wildman–Crippen MR) is 141 cm³/mol. The van der Waals surface area contributed by atoms with Crippen LogP contribution in [0.2, 0.25) is 0 Å². The Morgan fingerprint density at radius 3 is 2.46 bits per heavy atom. The van der Waals surface area contributed by atoms with Crippen LogP contribution in [0.25, 0.3) is 22.3 Å². The third-order valence-electron chi connectivity index (χ3n) is 6.75. The molecule has 0 saturated carbocycles. The zero-order valence-electron chi connectivity index (χ0n) is 20.9. The number of pyridine rings is 1. The van der Waals surface area contributed by atoms with Crippen molar-refractivity contribution in [1.82, 2.24) is 19.0 Å². The van der Waals surface area contributed by atoms with E-state index >= 15 is 0 Å². The van der Waals surface area contributed by atoms with Crippen LogP contribution in [0.15, 0.2) is 73.7 Å². The molecular weight excluding hydrogens is 474 g/mol. The average molecular weight is 504 g/mol. The summed E-state index contributed by atoms with van der Waals surface area (Å²) < 4.78 is 14.6. The highest BCUT2D eigenvalue weighted by Crippen LogP contribution is 2.27. The third-order valence-corrected chi connectivity index (χ3v) is 6.75. The van der Waals surface area contributed by atoms with Crippen molar-refractivity contribution in [3.63, 3.8) is 0 Å². The van der Waals surface area contributed by atoms with Crippen LogP contribution in [-0.2, 0) is 14.1 Å². The Balaban J connectivity index is 1.17. The summed E-state index contributed by atoms with van der Waals surface area (Å²) in [6, 6.07) is 12.0. The molecule has 0 N–H and O–H groups in total. The number of fused-ring (bicyclic) bond motifs is 1. The van der Waals surface area contributed by atoms with Gasteiger partial charge in [-0.05, 0) is 30.7 Å². The van der Waals surface area contributed by atoms with E-state index in [9.17, 15) is 14.4 Å². The molecule has 10 heteroatoms. The summed E-state index contributed by atoms with van der Waals surface area (Å²) in [5, 5.41) is 0.438. The van der Waals surface area contributed by atoms with Crippen molar-refractivity contribution < 1.29 is 9.15 Å². The SMILES string of the molecule is Cn1c(N2CCN(CCCOc3cccc4oc(-c5ccncc5)cc(=O)c34)CC2)cc(=O)n(C)c1=O. The maximum Gasteiger partial charge on any atom is 0.332 e. The molecule has 1 aliphatic rings. The van der Waals surface area contributed by atoms with Crippen LogP contribution >= 0.6 is 0 Å². The second-order valence-electron chi connectivity index (χ2n) is 9.11. The summed E-state index contributed by atoms with van der Waals surface area (Å²) in [4.78, 5) is 45.6. The summed E-state index contributed by atoms with van der Waals surface area (Å²) in [5.74, 6) is 1.66. The summed E-state index contributed by atoms with van der Waals surface area (Å²) >= 11 is 0. The molecule has 0 bridgehead atoms. The Morgan fingerprint density at radius 2 is 1.70 bits per heavy atom. The quantitative estimate of drug-likeness (QED) is 0.352. The van der Waals surface area contributed by atoms with Gasteiger partial charge in [-0.25, -0.2) is 4.79 Å². The zero-order chi connectivity index (χ0) is 25.9. The molecule has 0 spiro atoms. The highest BCUT2D eigenvalue weighted by molar-refractivity contribution is 5.84. The van der Waals surface area contributed by atoms with Gasteiger partial charge in [0, 0.05) is 76.9 Å². The third kappa shape index (κ3) is 5.05. The normalized spacial score (nSPS) is 14.3. The standard InChI is InChI=1S/C27H29N5O5/c1-29-24(18-25(34)30(2)27(29)35)32-14-12-31(13-15-32)11-4-16-36-21-5-3-6-22-26(21)20(33)17-23(37-22)19-7-9-28-10-8-19/h3,5-10,17-18H,4,11-16H2,1-2H3. The minimum absolute atomic E-state index is 0.148. The number of benzene rings is 1. The van der Waals surface area contributed by atoms with Gasteiger partial charge in [-0.3, -0.25) is 28.6 Å². The molecule has 1 fully saturated rings. The lowest BCUT2D eigenvalue weighted by Gasteiger charge is -2.36. The molecule has 0 radical (unpaired) electrons. The lowest BCUT2D eigenvalue weighted by molar-refractivity contribution is 0.224. The molecule has 0 aliphatic carbocycles. The second kappa shape index (κ2) is 10.4. The molecule has 4 heterocycles. The monoisotopic (exact) mass is 503 g/mol. The lowest BCUT2D eigenvalue weighted by Crippen LogP contribution is -2.49. The number of piperazine rings is 1. The van der Waals surface area contributed by atoms with Crippen molar-refractivity contribution in [2.45, 2.75) is 6.42 Å². The fourth-order valence-electron chi connectivity index (χ4n) is 4.65. The number of nitrogens with zero attached hydrogens (tertiary/aromatic N) is 5. The molecule has 5 rings (SSSR count). The van der Waals surface area contributed by atoms with Crippen molar-refractivity contribution in [2.24, 2.45) is 14.1 Å². The second-order valence-corrected chi connectivity index (χ2v) is 9.11. The highest BCUT2D eigenvalue weighted by atomic mass is 16.5. The maximum atomic E-state index is 12.9. The van der Waals surface area contributed by atoms with Gasteiger partial charge >= 0.3 is 5.69 Å². The average Bonchev–Trinajstić information content (AvgIpc) is 2.92. The van der Waals surface area contributed by atoms with E-state index in [1.165, 1.54) is 23.7 Å². The first kappa shape index (κ1) is 24.5. The molecule has 0 amide bonds. The first-order valence-electron chi connectivity index (χ1n) is 12.3. The lowest BCUT2D eigenvalue weighted by atomic mass is 10.1. The molecule has 0 unspecified atom stereocenters. The van der Waals surface area contributed by atoms with Gasteiger partial charge < -0.3 is 14.1 Å². The Hall–Kier alpha value is -4.18. The van der Waals surface area contributed by atoms with Crippen molar-refractivity contribution in [3.8, 4) is 17.1 Å². The molecule has 1 aromatic carbocycles. The van der Waals surface area contributed by atoms with E-state index in [1.807, 2.05) is 6.07 Å². The van der Waals surface area contributed by atoms with Crippen LogP contribution in [0.5, 0.6) is 5.75 Å². The van der Waals surface area contributed by atoms with Gasteiger partial charge in [0.05, 0.1) is 6.61 Å². The molecular formula is C27H29N5O5. The van der Waals surface area contributed by atoms with Gasteiger partial charge in [0.2, 0.25) is 0 Å². The van der Waals surface area contributed by atoms with E-state index in [1.54, 1.807) is 43.7 Å². The van der Waals surface area contributed by atoms with Gasteiger partial charge in [0.25, 0.3) is 5.56 Å². The molecule has 1 aliphatic heterocycles. The first-order valence-corrected chi connectivity index (χ1v) is 12.3. The van der Waals surface area contributed by atoms with Crippen LogP contribution in [0.1, 0.15) is 6.42 Å². The van der Waals surface area contributed by atoms with Crippen molar-refractivity contribution in [1.29, 1.82) is 0 Å². The van der Waals surface area contributed by atoms with Crippen LogP contribution in [0, 0.1) is 0 Å². The minimum atomic E-state index is -0.321. The number of anilines is 1. The number of rotatable bonds is 7. The number of ether oxygens (including phenoxy) is 1. The Morgan fingerprint density at radius 1 is 0.946 bits per heavy atom. The topological polar surface area (TPSA) is 103 Å². The van der Waals surface area contributed by atoms with Crippen molar-refractivity contribution >= 4 is 16.8 Å². The summed E-state index contributed by atoms with van der Waals surface area (Å²) in [6.07, 6.45) is 4.11. The van der Waals surface area contributed by atoms with Crippen molar-refractivity contribution in [2.75, 3.05) is 44.2 Å². The fraction of sp³-hybridized carbons (Fsp3) is 0.333. The Bertz CT molecular complexity index is 1580. The molecule has 4 aromatic rings. The van der Waals surface area contributed by atoms with Crippen LogP contribution < -0.4 is 26.3 Å². The minimum Gasteiger partial charge on any atom is -0.493 e. The fourth-order valence-corrected chi connectivity index (χ4v) is 4.65. The van der Waals surface area contributed by atoms with E-state index in [-0.39, 0.29) is 16.7 Å². The maximum absolute atomic E-state index is 12.9. The Kier molecular flexibility index (Phi) is 6.91. The number of hydrogen-bond acceptors (Lipinski definition) is 8. The van der Waals surface area contributed by atoms with Crippen LogP contribution in [0.3, 0.4) is 0 Å². The zero-order valence-corrected chi connectivity index (χ0v) is 20.9. The largest absolute Gasteiger partial charge is 0.493 e. The van der Waals surface area contributed by atoms with E-state index in [0.717, 1.165) is 49.3 Å². The number of aromatic nitrogens is 3. The van der Waals surface area contributed by atoms with E-state index in [0.29, 0.717) is 34.9 Å². The van der Waals surface area contributed by atoms with Gasteiger partial charge in [0.15, 0.2) is 5.43 Å². The summed E-state index contributed by atoms with van der Waals surface area (Å²) in [7, 11) is 3.17. The summed E-state index contributed by atoms with van der Waals surface area (Å²) in [6.45, 7) is 4.40. The highest BCUT2D eigenvalue weighted by Gasteiger charge is 2.20. The van der Waals surface area contributed by atoms with Gasteiger partial charge in [-0.1, -0.05) is 6.07 Å². The van der Waals surface area contributed by atoms with Gasteiger partial charge in [-0.2, -0.15) is 0 Å². The first-order chi connectivity index (χ1) is 17.9. The molecule has 37 heavy (non-hydrogen) atoms. The molecule has 0 atom stereocenters. The van der Waals surface area contributed by atoms with Gasteiger partial charge in [0.1, 0.15) is 28.3 Å². The Labute approximate surface area is 213 Å². The van der Waals surface area contributed by atoms with Crippen molar-refractivity contribution in [3.05, 3.63) is 85.9 Å². The van der Waals surface area contributed by atoms with Crippen LogP contribution in [0.4, 0.5) is 5.82 Å². The predicted octanol–water partition coefficient (Wildman–Crippen LogP) is 1.84. The van der Waals surface area contributed by atoms with Gasteiger partial charge in [-0.15, -0.1) is 0 Å². The van der Waals surface area contributed by atoms with Crippen LogP contribution in [-0.4, -0.2) is 58.3 Å². The van der Waals surface area contributed by atoms with E-state index < -0.39 is 0 Å². The molecule has 10 nitrogen and oxygen atoms in total. The smallest absolute Gasteiger partial charge is 0.332 e. The molecule has 1 saturated heterocycles. The van der Waals surface area contributed by atoms with E-state index in [2.05, 4.69) is 14.8 Å². The number of hydrogen-bond donors (Lipinski definition) is 0. The summed E-state index contributed by atoms with van der Waals surface area (Å²) in [5.41, 5.74) is 0.507. The molecule has 3 aromatic heterocycles. The molecule has 192 valence electrons.